The van der Waals surface area contributed by atoms with Gasteiger partial charge in [-0.15, -0.1) is 0 Å². The van der Waals surface area contributed by atoms with Crippen LogP contribution in [-0.2, 0) is 26.0 Å². The third-order valence-corrected chi connectivity index (χ3v) is 8.75. The predicted molar refractivity (Wildman–Crippen MR) is 163 cm³/mol. The molecule has 8 nitrogen and oxygen atoms in total. The molecule has 0 aliphatic carbocycles. The second-order valence-corrected chi connectivity index (χ2v) is 11.9. The smallest absolute Gasteiger partial charge is 0.264 e. The van der Waals surface area contributed by atoms with Gasteiger partial charge in [0.2, 0.25) is 11.8 Å². The maximum absolute atomic E-state index is 14.0. The van der Waals surface area contributed by atoms with Crippen LogP contribution in [0.5, 0.6) is 5.75 Å². The zero-order chi connectivity index (χ0) is 29.8. The fraction of sp³-hybridized carbons (Fsp3) is 0.355. The molecular formula is C31H38ClN3O5S. The van der Waals surface area contributed by atoms with E-state index in [2.05, 4.69) is 5.32 Å². The Balaban J connectivity index is 1.99. The molecule has 1 N–H and O–H groups in total. The van der Waals surface area contributed by atoms with E-state index in [1.54, 1.807) is 30.3 Å². The van der Waals surface area contributed by atoms with Gasteiger partial charge in [-0.3, -0.25) is 13.9 Å². The topological polar surface area (TPSA) is 96.0 Å². The lowest BCUT2D eigenvalue weighted by Gasteiger charge is -2.33. The number of amides is 2. The molecule has 3 aromatic carbocycles. The van der Waals surface area contributed by atoms with E-state index in [1.165, 1.54) is 30.2 Å². The molecule has 3 aromatic rings. The first-order chi connectivity index (χ1) is 19.7. The van der Waals surface area contributed by atoms with Gasteiger partial charge in [0.05, 0.1) is 17.7 Å². The molecule has 220 valence electrons. The SMILES string of the molecule is CCCCNC(=O)C(CC)N(CCc1ccccc1)C(=O)CN(c1cccc(Cl)c1)S(=O)(=O)c1ccc(OC)cc1. The number of carbonyl (C=O) groups is 2. The summed E-state index contributed by atoms with van der Waals surface area (Å²) >= 11 is 6.23. The number of methoxy groups -OCH3 is 1. The van der Waals surface area contributed by atoms with Crippen LogP contribution in [0.1, 0.15) is 38.7 Å². The summed E-state index contributed by atoms with van der Waals surface area (Å²) in [6, 6.07) is 21.2. The molecule has 0 aliphatic heterocycles. The molecule has 0 aliphatic rings. The van der Waals surface area contributed by atoms with Crippen molar-refractivity contribution in [1.29, 1.82) is 0 Å². The summed E-state index contributed by atoms with van der Waals surface area (Å²) in [4.78, 5) is 28.7. The van der Waals surface area contributed by atoms with Gasteiger partial charge < -0.3 is 15.0 Å². The first-order valence-corrected chi connectivity index (χ1v) is 15.6. The number of nitrogens with one attached hydrogen (secondary N) is 1. The maximum atomic E-state index is 14.0. The minimum absolute atomic E-state index is 0.00809. The molecule has 0 fully saturated rings. The zero-order valence-electron chi connectivity index (χ0n) is 23.8. The van der Waals surface area contributed by atoms with Crippen LogP contribution in [0.15, 0.2) is 83.8 Å². The summed E-state index contributed by atoms with van der Waals surface area (Å²) in [6.45, 7) is 4.12. The minimum atomic E-state index is -4.19. The van der Waals surface area contributed by atoms with Gasteiger partial charge in [-0.1, -0.05) is 68.3 Å². The van der Waals surface area contributed by atoms with Crippen molar-refractivity contribution in [3.05, 3.63) is 89.4 Å². The first-order valence-electron chi connectivity index (χ1n) is 13.7. The Bertz CT molecular complexity index is 1380. The molecule has 10 heteroatoms. The van der Waals surface area contributed by atoms with E-state index in [9.17, 15) is 18.0 Å². The highest BCUT2D eigenvalue weighted by atomic mass is 35.5. The van der Waals surface area contributed by atoms with E-state index >= 15 is 0 Å². The monoisotopic (exact) mass is 599 g/mol. The number of nitrogens with zero attached hydrogens (tertiary/aromatic N) is 2. The number of rotatable bonds is 15. The summed E-state index contributed by atoms with van der Waals surface area (Å²) in [5, 5.41) is 3.26. The molecule has 0 saturated carbocycles. The number of hydrogen-bond donors (Lipinski definition) is 1. The normalized spacial score (nSPS) is 11.9. The van der Waals surface area contributed by atoms with Gasteiger partial charge in [0.1, 0.15) is 18.3 Å². The van der Waals surface area contributed by atoms with E-state index in [-0.39, 0.29) is 23.0 Å². The van der Waals surface area contributed by atoms with Crippen molar-refractivity contribution in [2.75, 3.05) is 31.0 Å². The highest BCUT2D eigenvalue weighted by Crippen LogP contribution is 2.27. The minimum Gasteiger partial charge on any atom is -0.497 e. The van der Waals surface area contributed by atoms with Crippen LogP contribution in [0.25, 0.3) is 0 Å². The Hall–Kier alpha value is -3.56. The van der Waals surface area contributed by atoms with Crippen molar-refractivity contribution in [2.45, 2.75) is 50.5 Å². The average Bonchev–Trinajstić information content (AvgIpc) is 2.98. The lowest BCUT2D eigenvalue weighted by atomic mass is 10.1. The van der Waals surface area contributed by atoms with Crippen molar-refractivity contribution < 1.29 is 22.7 Å². The fourth-order valence-corrected chi connectivity index (χ4v) is 6.03. The van der Waals surface area contributed by atoms with E-state index < -0.39 is 28.5 Å². The van der Waals surface area contributed by atoms with Crippen molar-refractivity contribution in [3.8, 4) is 5.75 Å². The van der Waals surface area contributed by atoms with E-state index in [0.29, 0.717) is 30.2 Å². The van der Waals surface area contributed by atoms with Crippen LogP contribution in [0.3, 0.4) is 0 Å². The molecule has 0 radical (unpaired) electrons. The maximum Gasteiger partial charge on any atom is 0.264 e. The molecule has 3 rings (SSSR count). The van der Waals surface area contributed by atoms with Crippen LogP contribution < -0.4 is 14.4 Å². The number of hydrogen-bond acceptors (Lipinski definition) is 5. The molecule has 0 aromatic heterocycles. The number of sulfonamides is 1. The Labute approximate surface area is 248 Å². The molecule has 0 bridgehead atoms. The van der Waals surface area contributed by atoms with Gasteiger partial charge in [-0.05, 0) is 67.3 Å². The fourth-order valence-electron chi connectivity index (χ4n) is 4.44. The van der Waals surface area contributed by atoms with Crippen LogP contribution >= 0.6 is 11.6 Å². The van der Waals surface area contributed by atoms with Crippen molar-refractivity contribution in [2.24, 2.45) is 0 Å². The summed E-state index contributed by atoms with van der Waals surface area (Å²) in [6.07, 6.45) is 2.63. The van der Waals surface area contributed by atoms with Gasteiger partial charge >= 0.3 is 0 Å². The standard InChI is InChI=1S/C31H38ClN3O5S/c1-4-6-20-33-31(37)29(5-2)34(21-19-24-11-8-7-9-12-24)30(36)23-35(26-14-10-13-25(32)22-26)41(38,39)28-17-15-27(40-3)16-18-28/h7-18,22,29H,4-6,19-21,23H2,1-3H3,(H,33,37). The quantitative estimate of drug-likeness (QED) is 0.239. The average molecular weight is 600 g/mol. The van der Waals surface area contributed by atoms with Crippen molar-refractivity contribution in [1.82, 2.24) is 10.2 Å². The predicted octanol–water partition coefficient (Wildman–Crippen LogP) is 5.31. The van der Waals surface area contributed by atoms with Gasteiger partial charge in [-0.2, -0.15) is 0 Å². The molecule has 0 heterocycles. The van der Waals surface area contributed by atoms with Crippen LogP contribution in [0.4, 0.5) is 5.69 Å². The summed E-state index contributed by atoms with van der Waals surface area (Å²) in [7, 11) is -2.70. The second kappa shape index (κ2) is 15.4. The number of anilines is 1. The van der Waals surface area contributed by atoms with Crippen LogP contribution in [0, 0.1) is 0 Å². The Kier molecular flexibility index (Phi) is 12.0. The van der Waals surface area contributed by atoms with Gasteiger partial charge in [0.15, 0.2) is 0 Å². The third-order valence-electron chi connectivity index (χ3n) is 6.72. The Morgan fingerprint density at radius 1 is 0.976 bits per heavy atom. The van der Waals surface area contributed by atoms with E-state index in [4.69, 9.17) is 16.3 Å². The highest BCUT2D eigenvalue weighted by molar-refractivity contribution is 7.92. The largest absolute Gasteiger partial charge is 0.497 e. The number of halogens is 1. The van der Waals surface area contributed by atoms with Gasteiger partial charge in [-0.25, -0.2) is 8.42 Å². The van der Waals surface area contributed by atoms with E-state index in [0.717, 1.165) is 22.7 Å². The third kappa shape index (κ3) is 8.71. The summed E-state index contributed by atoms with van der Waals surface area (Å²) in [5.41, 5.74) is 1.24. The molecule has 41 heavy (non-hydrogen) atoms. The van der Waals surface area contributed by atoms with Gasteiger partial charge in [0.25, 0.3) is 10.0 Å². The first kappa shape index (κ1) is 32.0. The lowest BCUT2D eigenvalue weighted by Crippen LogP contribution is -2.53. The molecular weight excluding hydrogens is 562 g/mol. The lowest BCUT2D eigenvalue weighted by molar-refractivity contribution is -0.139. The molecule has 0 saturated heterocycles. The second-order valence-electron chi connectivity index (χ2n) is 9.56. The highest BCUT2D eigenvalue weighted by Gasteiger charge is 2.33. The number of benzene rings is 3. The number of ether oxygens (including phenoxy) is 1. The summed E-state index contributed by atoms with van der Waals surface area (Å²) in [5.74, 6) is -0.244. The molecule has 1 atom stereocenters. The van der Waals surface area contributed by atoms with Gasteiger partial charge in [0, 0.05) is 18.1 Å². The number of carbonyl (C=O) groups excluding carboxylic acids is 2. The van der Waals surface area contributed by atoms with Crippen LogP contribution in [-0.4, -0.2) is 57.9 Å². The molecule has 2 amide bonds. The van der Waals surface area contributed by atoms with Crippen LogP contribution in [0.2, 0.25) is 5.02 Å². The molecule has 1 unspecified atom stereocenters. The Morgan fingerprint density at radius 2 is 1.68 bits per heavy atom. The Morgan fingerprint density at radius 3 is 2.29 bits per heavy atom. The van der Waals surface area contributed by atoms with E-state index in [1.807, 2.05) is 44.2 Å². The summed E-state index contributed by atoms with van der Waals surface area (Å²) < 4.78 is 34.1. The number of unbranched alkanes of at least 4 members (excludes halogenated alkanes) is 1. The molecule has 0 spiro atoms. The van der Waals surface area contributed by atoms with Crippen molar-refractivity contribution in [3.63, 3.8) is 0 Å². The van der Waals surface area contributed by atoms with Crippen molar-refractivity contribution >= 4 is 39.1 Å². The zero-order valence-corrected chi connectivity index (χ0v) is 25.3.